The Balaban J connectivity index is 1.62. The number of hydrogen-bond acceptors (Lipinski definition) is 3. The third kappa shape index (κ3) is 3.93. The van der Waals surface area contributed by atoms with Crippen molar-refractivity contribution in [1.82, 2.24) is 0 Å². The molecule has 4 aromatic rings. The van der Waals surface area contributed by atoms with Crippen molar-refractivity contribution in [2.45, 2.75) is 6.18 Å². The van der Waals surface area contributed by atoms with Crippen molar-refractivity contribution < 1.29 is 17.6 Å². The second-order valence-electron chi connectivity index (χ2n) is 6.29. The van der Waals surface area contributed by atoms with Crippen LogP contribution in [-0.2, 0) is 6.18 Å². The quantitative estimate of drug-likeness (QED) is 0.322. The van der Waals surface area contributed by atoms with Gasteiger partial charge < -0.3 is 15.1 Å². The van der Waals surface area contributed by atoms with Gasteiger partial charge in [-0.3, -0.25) is 0 Å². The Bertz CT molecular complexity index is 1290. The summed E-state index contributed by atoms with van der Waals surface area (Å²) in [6, 6.07) is 17.9. The van der Waals surface area contributed by atoms with Gasteiger partial charge in [-0.1, -0.05) is 36.4 Å². The van der Waals surface area contributed by atoms with Crippen molar-refractivity contribution in [2.75, 3.05) is 10.6 Å². The molecule has 0 aliphatic carbocycles. The minimum atomic E-state index is -4.66. The molecule has 0 radical (unpaired) electrons. The Morgan fingerprint density at radius 1 is 0.897 bits per heavy atom. The van der Waals surface area contributed by atoms with Gasteiger partial charge in [-0.2, -0.15) is 13.2 Å². The summed E-state index contributed by atoms with van der Waals surface area (Å²) in [6.07, 6.45) is -4.66. The monoisotopic (exact) mass is 414 g/mol. The third-order valence-electron chi connectivity index (χ3n) is 4.35. The number of fused-ring (bicyclic) bond motifs is 2. The molecule has 1 aromatic heterocycles. The number of rotatable bonds is 2. The molecule has 0 saturated heterocycles. The molecule has 4 rings (SSSR count). The van der Waals surface area contributed by atoms with Crippen LogP contribution in [0.1, 0.15) is 5.56 Å². The van der Waals surface area contributed by atoms with Crippen LogP contribution in [0, 0.1) is 0 Å². The fourth-order valence-electron chi connectivity index (χ4n) is 3.09. The molecule has 3 aromatic carbocycles. The van der Waals surface area contributed by atoms with E-state index in [0.717, 1.165) is 16.5 Å². The molecular weight excluding hydrogens is 401 g/mol. The van der Waals surface area contributed by atoms with Crippen molar-refractivity contribution in [1.29, 1.82) is 0 Å². The molecule has 2 N–H and O–H groups in total. The topological polar surface area (TPSA) is 54.3 Å². The lowest BCUT2D eigenvalue weighted by molar-refractivity contribution is -0.136. The maximum Gasteiger partial charge on any atom is 0.417 e. The number of thiocarbonyl (C=S) groups is 1. The predicted octanol–water partition coefficient (Wildman–Crippen LogP) is 5.77. The number of hydrogen-bond donors (Lipinski definition) is 2. The highest BCUT2D eigenvalue weighted by Crippen LogP contribution is 2.34. The van der Waals surface area contributed by atoms with E-state index in [0.29, 0.717) is 11.8 Å². The Morgan fingerprint density at radius 3 is 2.45 bits per heavy atom. The molecule has 146 valence electrons. The lowest BCUT2D eigenvalue weighted by Gasteiger charge is -2.14. The number of benzene rings is 3. The third-order valence-corrected chi connectivity index (χ3v) is 4.55. The van der Waals surface area contributed by atoms with Crippen LogP contribution < -0.4 is 16.3 Å². The highest BCUT2D eigenvalue weighted by Gasteiger charge is 2.33. The standard InChI is InChI=1S/C21H13F3N2O2S/c22-21(23,24)16-11-19(27)28-18-10-13(8-9-15(16)18)25-20(29)26-17-7-3-5-12-4-1-2-6-14(12)17/h1-11H,(H2,25,26,29). The van der Waals surface area contributed by atoms with E-state index in [9.17, 15) is 18.0 Å². The normalized spacial score (nSPS) is 11.6. The minimum absolute atomic E-state index is 0.178. The summed E-state index contributed by atoms with van der Waals surface area (Å²) in [4.78, 5) is 11.5. The van der Waals surface area contributed by atoms with Gasteiger partial charge in [0, 0.05) is 34.3 Å². The van der Waals surface area contributed by atoms with E-state index in [-0.39, 0.29) is 16.1 Å². The van der Waals surface area contributed by atoms with Crippen LogP contribution in [0.5, 0.6) is 0 Å². The van der Waals surface area contributed by atoms with Crippen LogP contribution in [0.15, 0.2) is 75.9 Å². The van der Waals surface area contributed by atoms with Crippen LogP contribution in [0.2, 0.25) is 0 Å². The van der Waals surface area contributed by atoms with Gasteiger partial charge in [-0.25, -0.2) is 4.79 Å². The first-order chi connectivity index (χ1) is 13.8. The van der Waals surface area contributed by atoms with Crippen LogP contribution in [0.25, 0.3) is 21.7 Å². The molecule has 0 bridgehead atoms. The molecule has 0 saturated carbocycles. The summed E-state index contributed by atoms with van der Waals surface area (Å²) < 4.78 is 44.4. The highest BCUT2D eigenvalue weighted by molar-refractivity contribution is 7.80. The maximum absolute atomic E-state index is 13.2. The number of halogens is 3. The van der Waals surface area contributed by atoms with Crippen LogP contribution >= 0.6 is 12.2 Å². The van der Waals surface area contributed by atoms with Gasteiger partial charge in [0.1, 0.15) is 5.58 Å². The van der Waals surface area contributed by atoms with Crippen LogP contribution in [0.3, 0.4) is 0 Å². The van der Waals surface area contributed by atoms with Crippen LogP contribution in [-0.4, -0.2) is 5.11 Å². The molecule has 0 aliphatic heterocycles. The van der Waals surface area contributed by atoms with Gasteiger partial charge in [0.25, 0.3) is 0 Å². The molecule has 0 atom stereocenters. The lowest BCUT2D eigenvalue weighted by atomic mass is 10.1. The zero-order chi connectivity index (χ0) is 20.6. The molecular formula is C21H13F3N2O2S. The Labute approximate surface area is 168 Å². The molecule has 1 heterocycles. The van der Waals surface area contributed by atoms with E-state index in [4.69, 9.17) is 16.6 Å². The summed E-state index contributed by atoms with van der Waals surface area (Å²) in [7, 11) is 0. The van der Waals surface area contributed by atoms with Crippen molar-refractivity contribution in [2.24, 2.45) is 0 Å². The van der Waals surface area contributed by atoms with Gasteiger partial charge in [0.15, 0.2) is 5.11 Å². The average Bonchev–Trinajstić information content (AvgIpc) is 2.66. The molecule has 29 heavy (non-hydrogen) atoms. The van der Waals surface area contributed by atoms with Crippen molar-refractivity contribution in [3.63, 3.8) is 0 Å². The summed E-state index contributed by atoms with van der Waals surface area (Å²) in [5, 5.41) is 8.03. The fraction of sp³-hybridized carbons (Fsp3) is 0.0476. The Morgan fingerprint density at radius 2 is 1.66 bits per heavy atom. The van der Waals surface area contributed by atoms with Gasteiger partial charge in [0.2, 0.25) is 0 Å². The Hall–Kier alpha value is -3.39. The zero-order valence-corrected chi connectivity index (χ0v) is 15.5. The van der Waals surface area contributed by atoms with Gasteiger partial charge in [-0.05, 0) is 35.8 Å². The van der Waals surface area contributed by atoms with Crippen molar-refractivity contribution >= 4 is 50.4 Å². The first kappa shape index (κ1) is 18.9. The SMILES string of the molecule is O=c1cc(C(F)(F)F)c2ccc(NC(=S)Nc3cccc4ccccc34)cc2o1. The number of nitrogens with one attached hydrogen (secondary N) is 2. The first-order valence-corrected chi connectivity index (χ1v) is 8.93. The Kier molecular flexibility index (Phi) is 4.71. The second kappa shape index (κ2) is 7.21. The second-order valence-corrected chi connectivity index (χ2v) is 6.70. The average molecular weight is 414 g/mol. The predicted molar refractivity (Wildman–Crippen MR) is 111 cm³/mol. The molecule has 8 heteroatoms. The van der Waals surface area contributed by atoms with E-state index in [1.54, 1.807) is 0 Å². The zero-order valence-electron chi connectivity index (χ0n) is 14.7. The lowest BCUT2D eigenvalue weighted by Crippen LogP contribution is -2.19. The largest absolute Gasteiger partial charge is 0.423 e. The summed E-state index contributed by atoms with van der Waals surface area (Å²) in [6.45, 7) is 0. The van der Waals surface area contributed by atoms with Gasteiger partial charge in [0.05, 0.1) is 5.56 Å². The van der Waals surface area contributed by atoms with Gasteiger partial charge in [-0.15, -0.1) is 0 Å². The molecule has 0 aliphatic rings. The van der Waals surface area contributed by atoms with Crippen molar-refractivity contribution in [3.05, 3.63) is 82.7 Å². The summed E-state index contributed by atoms with van der Waals surface area (Å²) in [5.74, 6) is 0. The van der Waals surface area contributed by atoms with Gasteiger partial charge >= 0.3 is 11.8 Å². The number of alkyl halides is 3. The first-order valence-electron chi connectivity index (χ1n) is 8.52. The van der Waals surface area contributed by atoms with Crippen molar-refractivity contribution in [3.8, 4) is 0 Å². The van der Waals surface area contributed by atoms with E-state index in [1.807, 2.05) is 42.5 Å². The van der Waals surface area contributed by atoms with Crippen LogP contribution in [0.4, 0.5) is 24.5 Å². The van der Waals surface area contributed by atoms with E-state index in [1.165, 1.54) is 18.2 Å². The molecule has 0 fully saturated rings. The maximum atomic E-state index is 13.2. The summed E-state index contributed by atoms with van der Waals surface area (Å²) >= 11 is 5.32. The van der Waals surface area contributed by atoms with E-state index >= 15 is 0 Å². The molecule has 0 spiro atoms. The molecule has 0 unspecified atom stereocenters. The van der Waals surface area contributed by atoms with E-state index in [2.05, 4.69) is 10.6 Å². The minimum Gasteiger partial charge on any atom is -0.423 e. The molecule has 0 amide bonds. The number of anilines is 2. The summed E-state index contributed by atoms with van der Waals surface area (Å²) in [5.41, 5.74) is -1.11. The van der Waals surface area contributed by atoms with E-state index < -0.39 is 17.4 Å². The molecule has 4 nitrogen and oxygen atoms in total. The fourth-order valence-corrected chi connectivity index (χ4v) is 3.32. The highest BCUT2D eigenvalue weighted by atomic mass is 32.1. The smallest absolute Gasteiger partial charge is 0.417 e.